The van der Waals surface area contributed by atoms with Crippen LogP contribution in [0.2, 0.25) is 0 Å². The van der Waals surface area contributed by atoms with Crippen molar-refractivity contribution in [2.45, 2.75) is 32.8 Å². The van der Waals surface area contributed by atoms with Gasteiger partial charge < -0.3 is 9.47 Å². The molecule has 0 aromatic rings. The van der Waals surface area contributed by atoms with Crippen molar-refractivity contribution in [3.8, 4) is 0 Å². The van der Waals surface area contributed by atoms with E-state index in [-0.39, 0.29) is 0 Å². The van der Waals surface area contributed by atoms with Crippen LogP contribution in [0.4, 0.5) is 0 Å². The molecule has 0 spiro atoms. The van der Waals surface area contributed by atoms with Crippen molar-refractivity contribution in [1.29, 1.82) is 0 Å². The third kappa shape index (κ3) is 1.25. The monoisotopic (exact) mass is 186 g/mol. The normalized spacial score (nSPS) is 26.2. The summed E-state index contributed by atoms with van der Waals surface area (Å²) in [5.41, 5.74) is -0.758. The first-order chi connectivity index (χ1) is 6.12. The van der Waals surface area contributed by atoms with E-state index in [1.54, 1.807) is 0 Å². The average Bonchev–Trinajstić information content (AvgIpc) is 2.36. The molecular weight excluding hydrogens is 172 g/mol. The van der Waals surface area contributed by atoms with Gasteiger partial charge in [0, 0.05) is 7.11 Å². The Morgan fingerprint density at radius 3 is 2.23 bits per heavy atom. The lowest BCUT2D eigenvalue weighted by molar-refractivity contribution is -0.156. The number of hydrogen-bond donors (Lipinski definition) is 0. The van der Waals surface area contributed by atoms with Crippen LogP contribution in [0.1, 0.15) is 26.7 Å². The Morgan fingerprint density at radius 2 is 1.92 bits per heavy atom. The standard InChI is InChI=1S/C9H14O4/c1-4-9(5-2)6(12-3)7(10)13-8(9)11/h6H,4-5H2,1-3H3. The lowest BCUT2D eigenvalue weighted by Gasteiger charge is -2.25. The Balaban J connectivity index is 3.03. The second-order valence-corrected chi connectivity index (χ2v) is 3.19. The van der Waals surface area contributed by atoms with Crippen LogP contribution < -0.4 is 0 Å². The average molecular weight is 186 g/mol. The minimum Gasteiger partial charge on any atom is -0.391 e. The van der Waals surface area contributed by atoms with Crippen molar-refractivity contribution in [3.05, 3.63) is 0 Å². The first-order valence-electron chi connectivity index (χ1n) is 4.41. The molecule has 1 aliphatic rings. The van der Waals surface area contributed by atoms with Crippen molar-refractivity contribution in [3.63, 3.8) is 0 Å². The number of rotatable bonds is 3. The van der Waals surface area contributed by atoms with E-state index in [1.807, 2.05) is 13.8 Å². The number of cyclic esters (lactones) is 2. The Hall–Kier alpha value is -0.900. The molecule has 0 amide bonds. The van der Waals surface area contributed by atoms with Gasteiger partial charge in [-0.2, -0.15) is 0 Å². The first-order valence-corrected chi connectivity index (χ1v) is 4.41. The molecule has 1 atom stereocenters. The van der Waals surface area contributed by atoms with Gasteiger partial charge in [0.05, 0.1) is 0 Å². The van der Waals surface area contributed by atoms with E-state index in [9.17, 15) is 9.59 Å². The van der Waals surface area contributed by atoms with E-state index in [2.05, 4.69) is 4.74 Å². The third-order valence-corrected chi connectivity index (χ3v) is 2.81. The predicted molar refractivity (Wildman–Crippen MR) is 44.9 cm³/mol. The lowest BCUT2D eigenvalue weighted by Crippen LogP contribution is -2.38. The molecule has 1 aliphatic heterocycles. The van der Waals surface area contributed by atoms with E-state index >= 15 is 0 Å². The molecule has 13 heavy (non-hydrogen) atoms. The fourth-order valence-electron chi connectivity index (χ4n) is 1.81. The molecule has 1 fully saturated rings. The number of ether oxygens (including phenoxy) is 2. The van der Waals surface area contributed by atoms with Gasteiger partial charge in [-0.25, -0.2) is 4.79 Å². The van der Waals surface area contributed by atoms with E-state index in [4.69, 9.17) is 4.74 Å². The van der Waals surface area contributed by atoms with Gasteiger partial charge in [-0.1, -0.05) is 13.8 Å². The Labute approximate surface area is 77.2 Å². The highest BCUT2D eigenvalue weighted by atomic mass is 16.6. The van der Waals surface area contributed by atoms with E-state index < -0.39 is 23.5 Å². The Kier molecular flexibility index (Phi) is 2.71. The number of hydrogen-bond acceptors (Lipinski definition) is 4. The molecule has 0 aliphatic carbocycles. The van der Waals surface area contributed by atoms with Gasteiger partial charge in [-0.05, 0) is 12.8 Å². The van der Waals surface area contributed by atoms with Crippen molar-refractivity contribution < 1.29 is 19.1 Å². The summed E-state index contributed by atoms with van der Waals surface area (Å²) in [4.78, 5) is 22.6. The molecule has 0 saturated carbocycles. The van der Waals surface area contributed by atoms with Crippen LogP contribution in [-0.4, -0.2) is 25.2 Å². The highest BCUT2D eigenvalue weighted by molar-refractivity contribution is 6.00. The second kappa shape index (κ2) is 3.46. The summed E-state index contributed by atoms with van der Waals surface area (Å²) in [6.07, 6.45) is 0.397. The smallest absolute Gasteiger partial charge is 0.344 e. The highest BCUT2D eigenvalue weighted by Gasteiger charge is 2.55. The number of esters is 2. The summed E-state index contributed by atoms with van der Waals surface area (Å²) in [6.45, 7) is 3.71. The van der Waals surface area contributed by atoms with Gasteiger partial charge in [0.2, 0.25) is 0 Å². The van der Waals surface area contributed by atoms with Crippen molar-refractivity contribution in [1.82, 2.24) is 0 Å². The first kappa shape index (κ1) is 10.2. The molecule has 4 heteroatoms. The zero-order chi connectivity index (χ0) is 10.1. The van der Waals surface area contributed by atoms with Crippen LogP contribution in [-0.2, 0) is 19.1 Å². The van der Waals surface area contributed by atoms with Gasteiger partial charge in [0.15, 0.2) is 6.10 Å². The summed E-state index contributed by atoms with van der Waals surface area (Å²) >= 11 is 0. The quantitative estimate of drug-likeness (QED) is 0.485. The molecule has 1 rings (SSSR count). The second-order valence-electron chi connectivity index (χ2n) is 3.19. The fraction of sp³-hybridized carbons (Fsp3) is 0.778. The van der Waals surface area contributed by atoms with Gasteiger partial charge in [0.1, 0.15) is 5.41 Å². The third-order valence-electron chi connectivity index (χ3n) is 2.81. The summed E-state index contributed by atoms with van der Waals surface area (Å²) in [6, 6.07) is 0. The van der Waals surface area contributed by atoms with E-state index in [1.165, 1.54) is 7.11 Å². The fourth-order valence-corrected chi connectivity index (χ4v) is 1.81. The van der Waals surface area contributed by atoms with Gasteiger partial charge in [-0.15, -0.1) is 0 Å². The molecule has 1 unspecified atom stereocenters. The minimum absolute atomic E-state index is 0.450. The maximum atomic E-state index is 11.4. The van der Waals surface area contributed by atoms with Gasteiger partial charge in [0.25, 0.3) is 0 Å². The Morgan fingerprint density at radius 1 is 1.38 bits per heavy atom. The van der Waals surface area contributed by atoms with Crippen LogP contribution in [0, 0.1) is 5.41 Å². The zero-order valence-electron chi connectivity index (χ0n) is 8.12. The summed E-state index contributed by atoms with van der Waals surface area (Å²) < 4.78 is 9.56. The van der Waals surface area contributed by atoms with Crippen molar-refractivity contribution in [2.75, 3.05) is 7.11 Å². The number of methoxy groups -OCH3 is 1. The molecule has 0 radical (unpaired) electrons. The van der Waals surface area contributed by atoms with Crippen molar-refractivity contribution >= 4 is 11.9 Å². The number of carbonyl (C=O) groups excluding carboxylic acids is 2. The molecule has 1 saturated heterocycles. The van der Waals surface area contributed by atoms with E-state index in [0.29, 0.717) is 12.8 Å². The molecule has 4 nitrogen and oxygen atoms in total. The molecule has 0 N–H and O–H groups in total. The molecular formula is C9H14O4. The summed E-state index contributed by atoms with van der Waals surface area (Å²) in [5.74, 6) is -1.01. The maximum absolute atomic E-state index is 11.4. The molecule has 1 heterocycles. The zero-order valence-corrected chi connectivity index (χ0v) is 8.12. The van der Waals surface area contributed by atoms with Crippen LogP contribution in [0.5, 0.6) is 0 Å². The molecule has 0 bridgehead atoms. The molecule has 74 valence electrons. The predicted octanol–water partition coefficient (Wildman–Crippen LogP) is 0.891. The lowest BCUT2D eigenvalue weighted by atomic mass is 9.79. The molecule has 0 aromatic carbocycles. The van der Waals surface area contributed by atoms with Gasteiger partial charge in [-0.3, -0.25) is 4.79 Å². The van der Waals surface area contributed by atoms with Gasteiger partial charge >= 0.3 is 11.9 Å². The summed E-state index contributed by atoms with van der Waals surface area (Å²) in [5, 5.41) is 0. The van der Waals surface area contributed by atoms with Crippen LogP contribution in [0.15, 0.2) is 0 Å². The topological polar surface area (TPSA) is 52.6 Å². The van der Waals surface area contributed by atoms with E-state index in [0.717, 1.165) is 0 Å². The number of carbonyl (C=O) groups is 2. The Bertz CT molecular complexity index is 230. The SMILES string of the molecule is CCC1(CC)C(=O)OC(=O)C1OC. The van der Waals surface area contributed by atoms with Crippen molar-refractivity contribution in [2.24, 2.45) is 5.41 Å². The van der Waals surface area contributed by atoms with Crippen LogP contribution in [0.3, 0.4) is 0 Å². The van der Waals surface area contributed by atoms with Crippen LogP contribution in [0.25, 0.3) is 0 Å². The summed E-state index contributed by atoms with van der Waals surface area (Å²) in [7, 11) is 1.42. The highest BCUT2D eigenvalue weighted by Crippen LogP contribution is 2.39. The molecule has 0 aromatic heterocycles. The minimum atomic E-state index is -0.758. The largest absolute Gasteiger partial charge is 0.391 e. The van der Waals surface area contributed by atoms with Crippen LogP contribution >= 0.6 is 0 Å². The maximum Gasteiger partial charge on any atom is 0.344 e.